The number of nitrogens with one attached hydrogen (secondary N) is 2. The first-order valence-corrected chi connectivity index (χ1v) is 9.15. The van der Waals surface area contributed by atoms with Crippen molar-refractivity contribution < 1.29 is 23.5 Å². The zero-order chi connectivity index (χ0) is 19.8. The zero-order valence-electron chi connectivity index (χ0n) is 14.6. The van der Waals surface area contributed by atoms with Crippen LogP contribution in [0.5, 0.6) is 0 Å². The van der Waals surface area contributed by atoms with Crippen molar-refractivity contribution in [2.24, 2.45) is 0 Å². The summed E-state index contributed by atoms with van der Waals surface area (Å²) in [6, 6.07) is 11.6. The minimum Gasteiger partial charge on any atom is -0.454 e. The first-order chi connectivity index (χ1) is 12.9. The molecule has 2 rings (SSSR count). The van der Waals surface area contributed by atoms with Crippen molar-refractivity contribution in [1.29, 1.82) is 0 Å². The Morgan fingerprint density at radius 2 is 1.85 bits per heavy atom. The van der Waals surface area contributed by atoms with E-state index in [2.05, 4.69) is 10.6 Å². The van der Waals surface area contributed by atoms with E-state index in [1.54, 1.807) is 43.3 Å². The van der Waals surface area contributed by atoms with Gasteiger partial charge in [-0.2, -0.15) is 0 Å². The molecule has 2 aromatic rings. The van der Waals surface area contributed by atoms with Crippen LogP contribution in [0, 0.1) is 16.3 Å². The van der Waals surface area contributed by atoms with Crippen molar-refractivity contribution in [3.05, 3.63) is 68.5 Å². The van der Waals surface area contributed by atoms with E-state index in [1.165, 1.54) is 6.07 Å². The molecule has 2 N–H and O–H groups in total. The third-order valence-electron chi connectivity index (χ3n) is 3.60. The molecule has 2 aromatic carbocycles. The van der Waals surface area contributed by atoms with Gasteiger partial charge in [-0.05, 0) is 58.8 Å². The molecule has 0 aliphatic heterocycles. The molecule has 0 atom stereocenters. The normalized spacial score (nSPS) is 10.2. The Bertz CT molecular complexity index is 857. The fourth-order valence-corrected chi connectivity index (χ4v) is 2.72. The first-order valence-electron chi connectivity index (χ1n) is 8.07. The summed E-state index contributed by atoms with van der Waals surface area (Å²) < 4.78 is 19.0. The molecule has 0 fully saturated rings. The predicted molar refractivity (Wildman–Crippen MR) is 105 cm³/mol. The molecule has 8 heteroatoms. The highest BCUT2D eigenvalue weighted by molar-refractivity contribution is 14.1. The van der Waals surface area contributed by atoms with Gasteiger partial charge in [-0.15, -0.1) is 0 Å². The number of benzene rings is 2. The van der Waals surface area contributed by atoms with Crippen molar-refractivity contribution in [1.82, 2.24) is 10.6 Å². The van der Waals surface area contributed by atoms with Gasteiger partial charge in [0.1, 0.15) is 12.4 Å². The number of esters is 1. The number of carbonyl (C=O) groups is 3. The summed E-state index contributed by atoms with van der Waals surface area (Å²) in [4.78, 5) is 35.3. The van der Waals surface area contributed by atoms with Crippen molar-refractivity contribution in [2.75, 3.05) is 13.2 Å². The van der Waals surface area contributed by atoms with Crippen molar-refractivity contribution in [3.63, 3.8) is 0 Å². The van der Waals surface area contributed by atoms with Gasteiger partial charge in [-0.25, -0.2) is 4.39 Å². The van der Waals surface area contributed by atoms with Crippen molar-refractivity contribution in [2.45, 2.75) is 13.5 Å². The second kappa shape index (κ2) is 10.0. The summed E-state index contributed by atoms with van der Waals surface area (Å²) in [5, 5.41) is 4.97. The molecule has 27 heavy (non-hydrogen) atoms. The maximum absolute atomic E-state index is 13.4. The Labute approximate surface area is 169 Å². The number of carbonyl (C=O) groups excluding carboxylic acids is 3. The van der Waals surface area contributed by atoms with Crippen LogP contribution in [0.2, 0.25) is 0 Å². The number of hydrogen-bond donors (Lipinski definition) is 2. The van der Waals surface area contributed by atoms with E-state index < -0.39 is 24.4 Å². The van der Waals surface area contributed by atoms with Crippen LogP contribution in [0.4, 0.5) is 4.39 Å². The average molecular weight is 484 g/mol. The van der Waals surface area contributed by atoms with E-state index in [0.29, 0.717) is 16.7 Å². The molecule has 0 radical (unpaired) electrons. The lowest BCUT2D eigenvalue weighted by molar-refractivity contribution is -0.147. The predicted octanol–water partition coefficient (Wildman–Crippen LogP) is 2.33. The molecule has 0 aliphatic rings. The fourth-order valence-electron chi connectivity index (χ4n) is 2.09. The molecule has 6 nitrogen and oxygen atoms in total. The van der Waals surface area contributed by atoms with Gasteiger partial charge in [0, 0.05) is 10.1 Å². The van der Waals surface area contributed by atoms with Crippen LogP contribution in [-0.4, -0.2) is 30.9 Å². The number of hydrogen-bond acceptors (Lipinski definition) is 4. The zero-order valence-corrected chi connectivity index (χ0v) is 16.7. The Morgan fingerprint density at radius 3 is 2.56 bits per heavy atom. The molecule has 2 amide bonds. The summed E-state index contributed by atoms with van der Waals surface area (Å²) in [6.45, 7) is 0.942. The standard InChI is InChI=1S/C19H18FIN2O4/c1-12-6-7-13(8-15(12)20)9-22-17(24)11-27-18(25)10-23-19(26)14-4-2-3-5-16(14)21/h2-8H,9-11H2,1H3,(H,22,24)(H,23,26). The molecule has 0 aromatic heterocycles. The Hall–Kier alpha value is -2.49. The fraction of sp³-hybridized carbons (Fsp3) is 0.211. The average Bonchev–Trinajstić information content (AvgIpc) is 2.65. The molecule has 142 valence electrons. The van der Waals surface area contributed by atoms with Crippen molar-refractivity contribution in [3.8, 4) is 0 Å². The number of halogens is 2. The van der Waals surface area contributed by atoms with Crippen LogP contribution in [-0.2, 0) is 20.9 Å². The quantitative estimate of drug-likeness (QED) is 0.467. The van der Waals surface area contributed by atoms with Crippen LogP contribution in [0.3, 0.4) is 0 Å². The summed E-state index contributed by atoms with van der Waals surface area (Å²) in [5.41, 5.74) is 1.57. The second-order valence-electron chi connectivity index (χ2n) is 5.68. The molecule has 0 aliphatic carbocycles. The van der Waals surface area contributed by atoms with Gasteiger partial charge in [0.15, 0.2) is 6.61 Å². The van der Waals surface area contributed by atoms with Gasteiger partial charge < -0.3 is 15.4 Å². The van der Waals surface area contributed by atoms with Gasteiger partial charge in [0.25, 0.3) is 11.8 Å². The Kier molecular flexibility index (Phi) is 7.71. The minimum atomic E-state index is -0.731. The van der Waals surface area contributed by atoms with E-state index in [0.717, 1.165) is 3.57 Å². The van der Waals surface area contributed by atoms with Gasteiger partial charge >= 0.3 is 5.97 Å². The molecule has 0 spiro atoms. The van der Waals surface area contributed by atoms with Crippen LogP contribution < -0.4 is 10.6 Å². The molecular formula is C19H18FIN2O4. The lowest BCUT2D eigenvalue weighted by Gasteiger charge is -2.09. The first kappa shape index (κ1) is 20.8. The lowest BCUT2D eigenvalue weighted by Crippen LogP contribution is -2.34. The molecule has 0 heterocycles. The molecule has 0 unspecified atom stereocenters. The largest absolute Gasteiger partial charge is 0.454 e. The summed E-state index contributed by atoms with van der Waals surface area (Å²) in [7, 11) is 0. The third kappa shape index (κ3) is 6.63. The van der Waals surface area contributed by atoms with E-state index in [9.17, 15) is 18.8 Å². The summed E-state index contributed by atoms with van der Waals surface area (Å²) in [5.74, 6) is -2.00. The van der Waals surface area contributed by atoms with Gasteiger partial charge in [0.2, 0.25) is 0 Å². The lowest BCUT2D eigenvalue weighted by atomic mass is 10.1. The smallest absolute Gasteiger partial charge is 0.325 e. The Balaban J connectivity index is 1.70. The van der Waals surface area contributed by atoms with Crippen LogP contribution in [0.1, 0.15) is 21.5 Å². The molecule has 0 saturated heterocycles. The topological polar surface area (TPSA) is 84.5 Å². The highest BCUT2D eigenvalue weighted by Gasteiger charge is 2.12. The maximum atomic E-state index is 13.4. The molecule has 0 saturated carbocycles. The number of amides is 2. The molecule has 0 bridgehead atoms. The number of ether oxygens (including phenoxy) is 1. The second-order valence-corrected chi connectivity index (χ2v) is 6.85. The van der Waals surface area contributed by atoms with E-state index in [1.807, 2.05) is 22.6 Å². The van der Waals surface area contributed by atoms with Crippen molar-refractivity contribution >= 4 is 40.4 Å². The minimum absolute atomic E-state index is 0.122. The van der Waals surface area contributed by atoms with E-state index in [4.69, 9.17) is 4.74 Å². The number of rotatable bonds is 7. The van der Waals surface area contributed by atoms with Crippen LogP contribution in [0.15, 0.2) is 42.5 Å². The van der Waals surface area contributed by atoms with Gasteiger partial charge in [0.05, 0.1) is 5.56 Å². The van der Waals surface area contributed by atoms with E-state index >= 15 is 0 Å². The van der Waals surface area contributed by atoms with Crippen LogP contribution >= 0.6 is 22.6 Å². The highest BCUT2D eigenvalue weighted by Crippen LogP contribution is 2.11. The summed E-state index contributed by atoms with van der Waals surface area (Å²) >= 11 is 2.02. The maximum Gasteiger partial charge on any atom is 0.325 e. The Morgan fingerprint density at radius 1 is 1.11 bits per heavy atom. The summed E-state index contributed by atoms with van der Waals surface area (Å²) in [6.07, 6.45) is 0. The van der Waals surface area contributed by atoms with Crippen LogP contribution in [0.25, 0.3) is 0 Å². The monoisotopic (exact) mass is 484 g/mol. The van der Waals surface area contributed by atoms with E-state index in [-0.39, 0.29) is 18.9 Å². The third-order valence-corrected chi connectivity index (χ3v) is 4.54. The van der Waals surface area contributed by atoms with Gasteiger partial charge in [-0.3, -0.25) is 14.4 Å². The van der Waals surface area contributed by atoms with Gasteiger partial charge in [-0.1, -0.05) is 24.3 Å². The SMILES string of the molecule is Cc1ccc(CNC(=O)COC(=O)CNC(=O)c2ccccc2I)cc1F. The molecular weight excluding hydrogens is 466 g/mol. The number of aryl methyl sites for hydroxylation is 1. The highest BCUT2D eigenvalue weighted by atomic mass is 127.